The lowest BCUT2D eigenvalue weighted by atomic mass is 10.1. The molecule has 0 aliphatic rings. The fourth-order valence-electron chi connectivity index (χ4n) is 1.42. The van der Waals surface area contributed by atoms with Crippen molar-refractivity contribution in [2.24, 2.45) is 0 Å². The van der Waals surface area contributed by atoms with Crippen LogP contribution in [0.1, 0.15) is 5.56 Å². The monoisotopic (exact) mass is 261 g/mol. The van der Waals surface area contributed by atoms with Crippen LogP contribution in [0.2, 0.25) is 5.02 Å². The van der Waals surface area contributed by atoms with Crippen LogP contribution in [0.3, 0.4) is 0 Å². The molecule has 0 spiro atoms. The first-order chi connectivity index (χ1) is 7.88. The van der Waals surface area contributed by atoms with Gasteiger partial charge >= 0.3 is 6.18 Å². The average molecular weight is 262 g/mol. The summed E-state index contributed by atoms with van der Waals surface area (Å²) in [6, 6.07) is 3.22. The smallest absolute Gasteiger partial charge is 0.396 e. The highest BCUT2D eigenvalue weighted by Gasteiger charge is 2.31. The highest BCUT2D eigenvalue weighted by molar-refractivity contribution is 6.31. The molecule has 0 bridgehead atoms. The molecule has 0 fully saturated rings. The molecule has 90 valence electrons. The van der Waals surface area contributed by atoms with Crippen LogP contribution in [-0.2, 0) is 6.18 Å². The number of rotatable bonds is 1. The van der Waals surface area contributed by atoms with Gasteiger partial charge in [0.05, 0.1) is 23.1 Å². The van der Waals surface area contributed by atoms with Crippen LogP contribution < -0.4 is 5.73 Å². The predicted octanol–water partition coefficient (Wildman–Crippen LogP) is 3.33. The van der Waals surface area contributed by atoms with Crippen LogP contribution >= 0.6 is 11.6 Å². The topological polar surface area (TPSA) is 54.7 Å². The van der Waals surface area contributed by atoms with Crippen LogP contribution in [0.4, 0.5) is 18.9 Å². The fraction of sp³-hybridized carbons (Fsp3) is 0.100. The number of nitrogen functional groups attached to an aromatic ring is 1. The third kappa shape index (κ3) is 2.36. The van der Waals surface area contributed by atoms with Gasteiger partial charge in [0.1, 0.15) is 0 Å². The number of halogens is 4. The summed E-state index contributed by atoms with van der Waals surface area (Å²) in [6.45, 7) is 0. The first-order valence-electron chi connectivity index (χ1n) is 4.55. The van der Waals surface area contributed by atoms with Gasteiger partial charge in [0, 0.05) is 10.6 Å². The average Bonchev–Trinajstić information content (AvgIpc) is 2.62. The second-order valence-electron chi connectivity index (χ2n) is 3.43. The van der Waals surface area contributed by atoms with Gasteiger partial charge in [0.25, 0.3) is 0 Å². The van der Waals surface area contributed by atoms with Crippen LogP contribution in [-0.4, -0.2) is 10.2 Å². The molecule has 3 N–H and O–H groups in total. The van der Waals surface area contributed by atoms with Crippen molar-refractivity contribution < 1.29 is 13.2 Å². The molecule has 0 saturated heterocycles. The first kappa shape index (κ1) is 11.8. The number of H-pyrrole nitrogens is 1. The van der Waals surface area contributed by atoms with Crippen LogP contribution in [0.15, 0.2) is 24.4 Å². The van der Waals surface area contributed by atoms with Crippen molar-refractivity contribution >= 4 is 17.3 Å². The van der Waals surface area contributed by atoms with E-state index in [0.717, 1.165) is 12.1 Å². The maximum atomic E-state index is 12.6. The lowest BCUT2D eigenvalue weighted by Crippen LogP contribution is -2.05. The van der Waals surface area contributed by atoms with Gasteiger partial charge < -0.3 is 5.73 Å². The van der Waals surface area contributed by atoms with E-state index in [1.165, 1.54) is 12.3 Å². The molecule has 17 heavy (non-hydrogen) atoms. The van der Waals surface area contributed by atoms with Gasteiger partial charge in [-0.15, -0.1) is 0 Å². The first-order valence-corrected chi connectivity index (χ1v) is 4.93. The van der Waals surface area contributed by atoms with Gasteiger partial charge in [0.15, 0.2) is 0 Å². The molecule has 0 radical (unpaired) electrons. The maximum absolute atomic E-state index is 12.6. The highest BCUT2D eigenvalue weighted by Crippen LogP contribution is 2.35. The summed E-state index contributed by atoms with van der Waals surface area (Å²) in [7, 11) is 0. The number of anilines is 1. The summed E-state index contributed by atoms with van der Waals surface area (Å²) < 4.78 is 37.7. The zero-order valence-corrected chi connectivity index (χ0v) is 9.10. The Balaban J connectivity index is 2.57. The minimum absolute atomic E-state index is 0.0103. The molecular weight excluding hydrogens is 255 g/mol. The number of hydrogen-bond acceptors (Lipinski definition) is 2. The Morgan fingerprint density at radius 3 is 2.47 bits per heavy atom. The van der Waals surface area contributed by atoms with Gasteiger partial charge in [-0.05, 0) is 18.2 Å². The Morgan fingerprint density at radius 1 is 1.24 bits per heavy atom. The van der Waals surface area contributed by atoms with E-state index in [0.29, 0.717) is 5.69 Å². The molecule has 1 aromatic carbocycles. The van der Waals surface area contributed by atoms with E-state index in [4.69, 9.17) is 17.3 Å². The van der Waals surface area contributed by atoms with Gasteiger partial charge in [-0.1, -0.05) is 11.6 Å². The molecule has 0 unspecified atom stereocenters. The van der Waals surface area contributed by atoms with Gasteiger partial charge in [-0.25, -0.2) is 0 Å². The SMILES string of the molecule is Nc1cn[nH]c1-c1cc(Cl)cc(C(F)(F)F)c1. The number of nitrogens with one attached hydrogen (secondary N) is 1. The number of aromatic amines is 1. The lowest BCUT2D eigenvalue weighted by molar-refractivity contribution is -0.137. The summed E-state index contributed by atoms with van der Waals surface area (Å²) in [6.07, 6.45) is -3.13. The number of benzene rings is 1. The van der Waals surface area contributed by atoms with Crippen molar-refractivity contribution in [3.63, 3.8) is 0 Å². The van der Waals surface area contributed by atoms with Crippen molar-refractivity contribution in [3.8, 4) is 11.3 Å². The molecule has 0 aliphatic carbocycles. The molecule has 1 heterocycles. The third-order valence-electron chi connectivity index (χ3n) is 2.18. The Bertz CT molecular complexity index is 548. The second-order valence-corrected chi connectivity index (χ2v) is 3.86. The van der Waals surface area contributed by atoms with Crippen molar-refractivity contribution in [3.05, 3.63) is 35.0 Å². The summed E-state index contributed by atoms with van der Waals surface area (Å²) in [5, 5.41) is 6.16. The molecule has 3 nitrogen and oxygen atoms in total. The number of nitrogens with two attached hydrogens (primary N) is 1. The fourth-order valence-corrected chi connectivity index (χ4v) is 1.66. The quantitative estimate of drug-likeness (QED) is 0.827. The van der Waals surface area contributed by atoms with E-state index in [-0.39, 0.29) is 16.3 Å². The third-order valence-corrected chi connectivity index (χ3v) is 2.40. The highest BCUT2D eigenvalue weighted by atomic mass is 35.5. The van der Waals surface area contributed by atoms with Crippen LogP contribution in [0.5, 0.6) is 0 Å². The van der Waals surface area contributed by atoms with Crippen molar-refractivity contribution in [2.75, 3.05) is 5.73 Å². The van der Waals surface area contributed by atoms with Crippen LogP contribution in [0, 0.1) is 0 Å². The predicted molar refractivity (Wildman–Crippen MR) is 58.4 cm³/mol. The summed E-state index contributed by atoms with van der Waals surface area (Å²) >= 11 is 5.65. The number of alkyl halides is 3. The Morgan fingerprint density at radius 2 is 1.94 bits per heavy atom. The largest absolute Gasteiger partial charge is 0.416 e. The minimum Gasteiger partial charge on any atom is -0.396 e. The van der Waals surface area contributed by atoms with E-state index >= 15 is 0 Å². The number of aromatic nitrogens is 2. The molecular formula is C10H7ClF3N3. The Labute approximate surface area is 99.4 Å². The van der Waals surface area contributed by atoms with Gasteiger partial charge in [-0.2, -0.15) is 18.3 Å². The maximum Gasteiger partial charge on any atom is 0.416 e. The summed E-state index contributed by atoms with van der Waals surface area (Å²) in [5.41, 5.74) is 5.57. The Kier molecular flexibility index (Phi) is 2.74. The van der Waals surface area contributed by atoms with Crippen molar-refractivity contribution in [1.29, 1.82) is 0 Å². The minimum atomic E-state index is -4.45. The molecule has 0 atom stereocenters. The van der Waals surface area contributed by atoms with Gasteiger partial charge in [-0.3, -0.25) is 5.10 Å². The van der Waals surface area contributed by atoms with Crippen molar-refractivity contribution in [1.82, 2.24) is 10.2 Å². The summed E-state index contributed by atoms with van der Waals surface area (Å²) in [4.78, 5) is 0. The standard InChI is InChI=1S/C10H7ClF3N3/c11-7-2-5(9-8(15)4-16-17-9)1-6(3-7)10(12,13)14/h1-4H,15H2,(H,16,17). The van der Waals surface area contributed by atoms with E-state index in [1.54, 1.807) is 0 Å². The molecule has 2 rings (SSSR count). The number of hydrogen-bond donors (Lipinski definition) is 2. The Hall–Kier alpha value is -1.69. The van der Waals surface area contributed by atoms with Crippen LogP contribution in [0.25, 0.3) is 11.3 Å². The van der Waals surface area contributed by atoms with Gasteiger partial charge in [0.2, 0.25) is 0 Å². The zero-order chi connectivity index (χ0) is 12.6. The molecule has 0 aliphatic heterocycles. The van der Waals surface area contributed by atoms with E-state index in [2.05, 4.69) is 10.2 Å². The number of nitrogens with zero attached hydrogens (tertiary/aromatic N) is 1. The van der Waals surface area contributed by atoms with E-state index in [9.17, 15) is 13.2 Å². The zero-order valence-electron chi connectivity index (χ0n) is 8.35. The van der Waals surface area contributed by atoms with E-state index < -0.39 is 11.7 Å². The summed E-state index contributed by atoms with van der Waals surface area (Å²) in [5.74, 6) is 0. The molecule has 1 aromatic heterocycles. The normalized spacial score (nSPS) is 11.8. The van der Waals surface area contributed by atoms with Crippen molar-refractivity contribution in [2.45, 2.75) is 6.18 Å². The second kappa shape index (κ2) is 3.96. The molecule has 7 heteroatoms. The molecule has 2 aromatic rings. The van der Waals surface area contributed by atoms with E-state index in [1.807, 2.05) is 0 Å². The molecule has 0 saturated carbocycles. The lowest BCUT2D eigenvalue weighted by Gasteiger charge is -2.09. The molecule has 0 amide bonds.